The van der Waals surface area contributed by atoms with Gasteiger partial charge in [-0.3, -0.25) is 4.39 Å². The molecule has 1 radical (unpaired) electrons. The van der Waals surface area contributed by atoms with E-state index in [0.717, 1.165) is 0 Å². The molecule has 7 heavy (non-hydrogen) atoms. The van der Waals surface area contributed by atoms with E-state index in [1.165, 1.54) is 0 Å². The molecule has 0 saturated carbocycles. The molecule has 43 valence electrons. The number of ether oxygens (including phenoxy) is 1. The maximum atomic E-state index is 11.2. The summed E-state index contributed by atoms with van der Waals surface area (Å²) in [6.45, 7) is 3.56. The molecule has 0 fully saturated rings. The van der Waals surface area contributed by atoms with E-state index < -0.39 is 0 Å². The molecule has 0 amide bonds. The second kappa shape index (κ2) is 5.89. The van der Waals surface area contributed by atoms with Gasteiger partial charge in [-0.2, -0.15) is 0 Å². The Morgan fingerprint density at radius 3 is 2.86 bits per heavy atom. The number of rotatable bonds is 4. The minimum Gasteiger partial charge on any atom is -0.376 e. The molecule has 0 heterocycles. The highest BCUT2D eigenvalue weighted by Gasteiger charge is 1.81. The largest absolute Gasteiger partial charge is 0.376 e. The van der Waals surface area contributed by atoms with Crippen LogP contribution < -0.4 is 0 Å². The normalized spacial score (nSPS) is 9.43. The summed E-state index contributed by atoms with van der Waals surface area (Å²) in [6.07, 6.45) is 0.504. The molecule has 0 bridgehead atoms. The first-order chi connectivity index (χ1) is 3.41. The Kier molecular flexibility index (Phi) is 5.80. The van der Waals surface area contributed by atoms with Crippen molar-refractivity contribution in [1.82, 2.24) is 0 Å². The van der Waals surface area contributed by atoms with Crippen LogP contribution in [0.5, 0.6) is 0 Å². The minimum atomic E-state index is -0.284. The summed E-state index contributed by atoms with van der Waals surface area (Å²) in [7, 11) is 0. The van der Waals surface area contributed by atoms with Crippen LogP contribution in [0.15, 0.2) is 0 Å². The number of hydrogen-bond donors (Lipinski definition) is 0. The van der Waals surface area contributed by atoms with Gasteiger partial charge in [-0.15, -0.1) is 0 Å². The average Bonchev–Trinajstić information content (AvgIpc) is 1.69. The van der Waals surface area contributed by atoms with Crippen molar-refractivity contribution in [2.24, 2.45) is 0 Å². The van der Waals surface area contributed by atoms with Gasteiger partial charge in [-0.1, -0.05) is 0 Å². The second-order valence-electron chi connectivity index (χ2n) is 1.15. The molecule has 0 aliphatic rings. The lowest BCUT2D eigenvalue weighted by atomic mass is 10.5. The zero-order chi connectivity index (χ0) is 5.54. The van der Waals surface area contributed by atoms with E-state index in [1.807, 2.05) is 0 Å². The Balaban J connectivity index is 2.45. The van der Waals surface area contributed by atoms with E-state index in [1.54, 1.807) is 13.5 Å². The van der Waals surface area contributed by atoms with E-state index in [-0.39, 0.29) is 6.67 Å². The molecular formula is C5H10FO. The maximum absolute atomic E-state index is 11.2. The monoisotopic (exact) mass is 105 g/mol. The van der Waals surface area contributed by atoms with Crippen molar-refractivity contribution in [2.75, 3.05) is 13.3 Å². The first-order valence-electron chi connectivity index (χ1n) is 2.37. The molecular weight excluding hydrogens is 95.1 g/mol. The van der Waals surface area contributed by atoms with Crippen molar-refractivity contribution in [1.29, 1.82) is 0 Å². The smallest absolute Gasteiger partial charge is 0.0916 e. The Labute approximate surface area is 43.5 Å². The van der Waals surface area contributed by atoms with Crippen LogP contribution in [-0.4, -0.2) is 13.3 Å². The fourth-order valence-corrected chi connectivity index (χ4v) is 0.256. The molecule has 0 atom stereocenters. The molecule has 2 heteroatoms. The van der Waals surface area contributed by atoms with Crippen LogP contribution >= 0.6 is 0 Å². The third-order valence-electron chi connectivity index (χ3n) is 0.562. The molecule has 0 saturated heterocycles. The maximum Gasteiger partial charge on any atom is 0.0916 e. The molecule has 1 nitrogen and oxygen atoms in total. The molecule has 0 aliphatic heterocycles. The zero-order valence-corrected chi connectivity index (χ0v) is 4.48. The van der Waals surface area contributed by atoms with Gasteiger partial charge >= 0.3 is 0 Å². The van der Waals surface area contributed by atoms with E-state index in [2.05, 4.69) is 0 Å². The first kappa shape index (κ1) is 6.89. The van der Waals surface area contributed by atoms with Crippen molar-refractivity contribution in [3.8, 4) is 0 Å². The molecule has 0 aromatic heterocycles. The zero-order valence-electron chi connectivity index (χ0n) is 4.48. The van der Waals surface area contributed by atoms with Crippen molar-refractivity contribution < 1.29 is 9.13 Å². The van der Waals surface area contributed by atoms with Crippen molar-refractivity contribution in [2.45, 2.75) is 13.3 Å². The molecule has 0 spiro atoms. The summed E-state index contributed by atoms with van der Waals surface area (Å²) >= 11 is 0. The average molecular weight is 105 g/mol. The highest BCUT2D eigenvalue weighted by Crippen LogP contribution is 1.84. The first-order valence-corrected chi connectivity index (χ1v) is 2.37. The van der Waals surface area contributed by atoms with Gasteiger partial charge in [0.15, 0.2) is 0 Å². The topological polar surface area (TPSA) is 9.23 Å². The molecule has 0 unspecified atom stereocenters. The van der Waals surface area contributed by atoms with E-state index in [9.17, 15) is 4.39 Å². The predicted molar refractivity (Wildman–Crippen MR) is 26.5 cm³/mol. The van der Waals surface area contributed by atoms with Crippen molar-refractivity contribution in [3.63, 3.8) is 0 Å². The highest BCUT2D eigenvalue weighted by atomic mass is 19.1. The summed E-state index contributed by atoms with van der Waals surface area (Å²) in [5.74, 6) is 0. The Bertz CT molecular complexity index is 27.3. The van der Waals surface area contributed by atoms with Gasteiger partial charge in [0, 0.05) is 6.61 Å². The lowest BCUT2D eigenvalue weighted by Gasteiger charge is -1.92. The summed E-state index contributed by atoms with van der Waals surface area (Å²) in [5, 5.41) is 0. The van der Waals surface area contributed by atoms with Crippen LogP contribution in [0.1, 0.15) is 13.3 Å². The lowest BCUT2D eigenvalue weighted by Crippen LogP contribution is -1.89. The second-order valence-corrected chi connectivity index (χ2v) is 1.15. The SMILES string of the molecule is C[CH]OCCCF. The number of halogens is 1. The molecule has 0 aromatic rings. The van der Waals surface area contributed by atoms with Gasteiger partial charge in [-0.25, -0.2) is 0 Å². The van der Waals surface area contributed by atoms with Crippen LogP contribution in [0.2, 0.25) is 0 Å². The van der Waals surface area contributed by atoms with Gasteiger partial charge < -0.3 is 4.74 Å². The third-order valence-corrected chi connectivity index (χ3v) is 0.562. The van der Waals surface area contributed by atoms with Gasteiger partial charge in [0.1, 0.15) is 0 Å². The highest BCUT2D eigenvalue weighted by molar-refractivity contribution is 4.35. The number of alkyl halides is 1. The van der Waals surface area contributed by atoms with Gasteiger partial charge in [0.25, 0.3) is 0 Å². The Morgan fingerprint density at radius 1 is 1.71 bits per heavy atom. The molecule has 0 aromatic carbocycles. The van der Waals surface area contributed by atoms with E-state index in [0.29, 0.717) is 13.0 Å². The van der Waals surface area contributed by atoms with E-state index >= 15 is 0 Å². The van der Waals surface area contributed by atoms with Gasteiger partial charge in [-0.05, 0) is 13.3 Å². The number of hydrogen-bond acceptors (Lipinski definition) is 1. The lowest BCUT2D eigenvalue weighted by molar-refractivity contribution is 0.191. The fraction of sp³-hybridized carbons (Fsp3) is 0.800. The molecule has 0 N–H and O–H groups in total. The predicted octanol–water partition coefficient (Wildman–Crippen LogP) is 1.54. The van der Waals surface area contributed by atoms with E-state index in [4.69, 9.17) is 4.74 Å². The van der Waals surface area contributed by atoms with Crippen molar-refractivity contribution in [3.05, 3.63) is 6.61 Å². The Hall–Kier alpha value is -0.110. The summed E-state index contributed by atoms with van der Waals surface area (Å²) < 4.78 is 15.9. The summed E-state index contributed by atoms with van der Waals surface area (Å²) in [4.78, 5) is 0. The van der Waals surface area contributed by atoms with Crippen LogP contribution in [0, 0.1) is 6.61 Å². The van der Waals surface area contributed by atoms with Crippen LogP contribution in [0.4, 0.5) is 4.39 Å². The van der Waals surface area contributed by atoms with Crippen molar-refractivity contribution >= 4 is 0 Å². The third kappa shape index (κ3) is 5.89. The Morgan fingerprint density at radius 2 is 2.43 bits per heavy atom. The van der Waals surface area contributed by atoms with Crippen LogP contribution in [0.3, 0.4) is 0 Å². The van der Waals surface area contributed by atoms with Gasteiger partial charge in [0.2, 0.25) is 0 Å². The quantitative estimate of drug-likeness (QED) is 0.493. The molecule has 0 rings (SSSR count). The minimum absolute atomic E-state index is 0.284. The van der Waals surface area contributed by atoms with Crippen LogP contribution in [-0.2, 0) is 4.74 Å². The summed E-state index contributed by atoms with van der Waals surface area (Å²) in [5.41, 5.74) is 0. The van der Waals surface area contributed by atoms with Crippen LogP contribution in [0.25, 0.3) is 0 Å². The summed E-state index contributed by atoms with van der Waals surface area (Å²) in [6, 6.07) is 0. The standard InChI is InChI=1S/C5H10FO/c1-2-7-5-3-4-6/h2H,3-5H2,1H3. The van der Waals surface area contributed by atoms with Gasteiger partial charge in [0.05, 0.1) is 13.3 Å². The molecule has 0 aliphatic carbocycles. The fourth-order valence-electron chi connectivity index (χ4n) is 0.256.